The quantitative estimate of drug-likeness (QED) is 0.372. The number of hydrogen-bond acceptors (Lipinski definition) is 1. The summed E-state index contributed by atoms with van der Waals surface area (Å²) in [4.78, 5) is 0. The molecule has 8 heavy (non-hydrogen) atoms. The van der Waals surface area contributed by atoms with E-state index in [0.29, 0.717) is 6.10 Å². The molecule has 0 saturated carbocycles. The predicted molar refractivity (Wildman–Crippen MR) is 33.8 cm³/mol. The van der Waals surface area contributed by atoms with Crippen LogP contribution in [0.1, 0.15) is 20.8 Å². The van der Waals surface area contributed by atoms with Crippen molar-refractivity contribution in [2.45, 2.75) is 32.5 Å². The maximum atomic E-state index is 5.27. The lowest BCUT2D eigenvalue weighted by molar-refractivity contribution is 0.331. The summed E-state index contributed by atoms with van der Waals surface area (Å²) in [6.07, 6.45) is 0.322. The van der Waals surface area contributed by atoms with E-state index in [-0.39, 0.29) is 5.60 Å². The van der Waals surface area contributed by atoms with Gasteiger partial charge in [0.1, 0.15) is 6.10 Å². The van der Waals surface area contributed by atoms with Crippen molar-refractivity contribution in [3.8, 4) is 0 Å². The van der Waals surface area contributed by atoms with Gasteiger partial charge < -0.3 is 4.74 Å². The van der Waals surface area contributed by atoms with E-state index in [1.54, 1.807) is 0 Å². The molecule has 0 aromatic carbocycles. The van der Waals surface area contributed by atoms with Crippen molar-refractivity contribution in [2.75, 3.05) is 0 Å². The van der Waals surface area contributed by atoms with Crippen LogP contribution in [0.25, 0.3) is 0 Å². The Morgan fingerprint density at radius 2 is 2.00 bits per heavy atom. The van der Waals surface area contributed by atoms with Gasteiger partial charge in [-0.3, -0.25) is 0 Å². The zero-order valence-electron chi connectivity index (χ0n) is 5.69. The van der Waals surface area contributed by atoms with Crippen LogP contribution < -0.4 is 0 Å². The maximum absolute atomic E-state index is 5.27. The van der Waals surface area contributed by atoms with Gasteiger partial charge in [0.15, 0.2) is 0 Å². The monoisotopic (exact) mass is 112 g/mol. The van der Waals surface area contributed by atoms with E-state index in [4.69, 9.17) is 4.74 Å². The Labute approximate surface area is 50.3 Å². The van der Waals surface area contributed by atoms with Gasteiger partial charge in [0, 0.05) is 0 Å². The Kier molecular flexibility index (Phi) is 0.984. The second-order valence-electron chi connectivity index (χ2n) is 2.95. The lowest BCUT2D eigenvalue weighted by atomic mass is 10.1. The van der Waals surface area contributed by atoms with E-state index in [2.05, 4.69) is 20.4 Å². The van der Waals surface area contributed by atoms with Crippen molar-refractivity contribution < 1.29 is 4.74 Å². The van der Waals surface area contributed by atoms with Crippen LogP contribution in [-0.4, -0.2) is 11.7 Å². The summed E-state index contributed by atoms with van der Waals surface area (Å²) < 4.78 is 5.27. The lowest BCUT2D eigenvalue weighted by Crippen LogP contribution is -2.02. The van der Waals surface area contributed by atoms with Crippen molar-refractivity contribution >= 4 is 0 Å². The molecule has 1 unspecified atom stereocenters. The molecule has 0 bridgehead atoms. The lowest BCUT2D eigenvalue weighted by Gasteiger charge is -1.91. The zero-order chi connectivity index (χ0) is 6.36. The van der Waals surface area contributed by atoms with Crippen molar-refractivity contribution in [2.24, 2.45) is 0 Å². The van der Waals surface area contributed by atoms with E-state index in [1.165, 1.54) is 0 Å². The van der Waals surface area contributed by atoms with Gasteiger partial charge in [0.25, 0.3) is 0 Å². The molecule has 1 aliphatic rings. The van der Waals surface area contributed by atoms with E-state index in [0.717, 1.165) is 5.57 Å². The van der Waals surface area contributed by atoms with E-state index in [1.807, 2.05) is 6.92 Å². The third-order valence-electron chi connectivity index (χ3n) is 1.44. The zero-order valence-corrected chi connectivity index (χ0v) is 5.69. The Hall–Kier alpha value is -0.300. The van der Waals surface area contributed by atoms with E-state index >= 15 is 0 Å². The van der Waals surface area contributed by atoms with Gasteiger partial charge in [0.2, 0.25) is 0 Å². The Balaban J connectivity index is 2.48. The Morgan fingerprint density at radius 3 is 2.00 bits per heavy atom. The summed E-state index contributed by atoms with van der Waals surface area (Å²) in [5.41, 5.74) is 1.22. The van der Waals surface area contributed by atoms with Crippen molar-refractivity contribution in [1.82, 2.24) is 0 Å². The predicted octanol–water partition coefficient (Wildman–Crippen LogP) is 1.74. The third kappa shape index (κ3) is 0.781. The molecule has 0 spiro atoms. The molecule has 1 fully saturated rings. The smallest absolute Gasteiger partial charge is 0.107 e. The van der Waals surface area contributed by atoms with Gasteiger partial charge >= 0.3 is 0 Å². The Morgan fingerprint density at radius 1 is 1.62 bits per heavy atom. The minimum Gasteiger partial charge on any atom is -0.362 e. The molecular weight excluding hydrogens is 100 g/mol. The number of rotatable bonds is 1. The molecule has 0 radical (unpaired) electrons. The third-order valence-corrected chi connectivity index (χ3v) is 1.44. The highest BCUT2D eigenvalue weighted by Crippen LogP contribution is 2.39. The van der Waals surface area contributed by atoms with Crippen LogP contribution >= 0.6 is 0 Å². The van der Waals surface area contributed by atoms with Gasteiger partial charge in [0.05, 0.1) is 5.60 Å². The highest BCUT2D eigenvalue weighted by molar-refractivity contribution is 5.15. The fourth-order valence-corrected chi connectivity index (χ4v) is 0.964. The first-order valence-electron chi connectivity index (χ1n) is 2.87. The van der Waals surface area contributed by atoms with Gasteiger partial charge in [-0.15, -0.1) is 0 Å². The van der Waals surface area contributed by atoms with Gasteiger partial charge in [-0.2, -0.15) is 0 Å². The fraction of sp³-hybridized carbons (Fsp3) is 0.714. The number of hydrogen-bond donors (Lipinski definition) is 0. The van der Waals surface area contributed by atoms with Crippen LogP contribution in [0.4, 0.5) is 0 Å². The maximum Gasteiger partial charge on any atom is 0.107 e. The second-order valence-corrected chi connectivity index (χ2v) is 2.95. The average molecular weight is 112 g/mol. The molecule has 1 rings (SSSR count). The molecule has 0 amide bonds. The second kappa shape index (κ2) is 1.35. The average Bonchev–Trinajstić information content (AvgIpc) is 2.13. The molecule has 1 nitrogen and oxygen atoms in total. The SMILES string of the molecule is C=C(C)C1OC1(C)C. The molecular formula is C7H12O. The molecule has 0 N–H and O–H groups in total. The molecule has 1 heterocycles. The summed E-state index contributed by atoms with van der Waals surface area (Å²) in [6, 6.07) is 0. The van der Waals surface area contributed by atoms with E-state index < -0.39 is 0 Å². The van der Waals surface area contributed by atoms with Crippen LogP contribution in [0.2, 0.25) is 0 Å². The first-order valence-corrected chi connectivity index (χ1v) is 2.87. The van der Waals surface area contributed by atoms with Gasteiger partial charge in [-0.05, 0) is 26.3 Å². The summed E-state index contributed by atoms with van der Waals surface area (Å²) in [7, 11) is 0. The molecule has 1 heteroatoms. The standard InChI is InChI=1S/C7H12O/c1-5(2)6-7(3,4)8-6/h6H,1H2,2-4H3. The normalized spacial score (nSPS) is 32.1. The molecule has 0 aromatic rings. The van der Waals surface area contributed by atoms with Crippen LogP contribution in [0.3, 0.4) is 0 Å². The minimum atomic E-state index is 0.0891. The largest absolute Gasteiger partial charge is 0.362 e. The van der Waals surface area contributed by atoms with Gasteiger partial charge in [-0.25, -0.2) is 0 Å². The fourth-order valence-electron chi connectivity index (χ4n) is 0.964. The van der Waals surface area contributed by atoms with Gasteiger partial charge in [-0.1, -0.05) is 6.58 Å². The van der Waals surface area contributed by atoms with Crippen LogP contribution in [0, 0.1) is 0 Å². The van der Waals surface area contributed by atoms with Crippen LogP contribution in [0.15, 0.2) is 12.2 Å². The minimum absolute atomic E-state index is 0.0891. The highest BCUT2D eigenvalue weighted by Gasteiger charge is 2.47. The summed E-state index contributed by atoms with van der Waals surface area (Å²) >= 11 is 0. The molecule has 0 aliphatic carbocycles. The number of ether oxygens (including phenoxy) is 1. The summed E-state index contributed by atoms with van der Waals surface area (Å²) in [5.74, 6) is 0. The molecule has 1 aliphatic heterocycles. The van der Waals surface area contributed by atoms with Crippen LogP contribution in [0.5, 0.6) is 0 Å². The first kappa shape index (κ1) is 5.83. The molecule has 0 aromatic heterocycles. The highest BCUT2D eigenvalue weighted by atomic mass is 16.6. The van der Waals surface area contributed by atoms with Crippen molar-refractivity contribution in [1.29, 1.82) is 0 Å². The Bertz CT molecular complexity index is 124. The summed E-state index contributed by atoms with van der Waals surface area (Å²) in [6.45, 7) is 9.94. The van der Waals surface area contributed by atoms with Crippen molar-refractivity contribution in [3.05, 3.63) is 12.2 Å². The summed E-state index contributed by atoms with van der Waals surface area (Å²) in [5, 5.41) is 0. The first-order chi connectivity index (χ1) is 3.54. The van der Waals surface area contributed by atoms with Crippen LogP contribution in [-0.2, 0) is 4.74 Å². The molecule has 46 valence electrons. The topological polar surface area (TPSA) is 12.5 Å². The van der Waals surface area contributed by atoms with E-state index in [9.17, 15) is 0 Å². The molecule has 1 saturated heterocycles. The molecule has 1 atom stereocenters. The number of epoxide rings is 1. The van der Waals surface area contributed by atoms with Crippen molar-refractivity contribution in [3.63, 3.8) is 0 Å².